The Bertz CT molecular complexity index is 433. The summed E-state index contributed by atoms with van der Waals surface area (Å²) in [5.74, 6) is 0. The van der Waals surface area contributed by atoms with Crippen LogP contribution in [0.5, 0.6) is 0 Å². The first kappa shape index (κ1) is 13.6. The fourth-order valence-electron chi connectivity index (χ4n) is 2.97. The van der Waals surface area contributed by atoms with Crippen LogP contribution in [0.15, 0.2) is 60.7 Å². The lowest BCUT2D eigenvalue weighted by molar-refractivity contribution is -0.00000334. The molecule has 0 N–H and O–H groups in total. The molecule has 18 heavy (non-hydrogen) atoms. The van der Waals surface area contributed by atoms with Gasteiger partial charge in [-0.3, -0.25) is 0 Å². The molecule has 1 fully saturated rings. The Labute approximate surface area is 116 Å². The van der Waals surface area contributed by atoms with Crippen molar-refractivity contribution in [3.05, 3.63) is 60.7 Å². The van der Waals surface area contributed by atoms with Gasteiger partial charge >= 0.3 is 0 Å². The normalized spacial score (nSPS) is 17.1. The molecule has 1 aliphatic rings. The van der Waals surface area contributed by atoms with Crippen LogP contribution in [-0.2, 0) is 0 Å². The Hall–Kier alpha value is -0.840. The summed E-state index contributed by atoms with van der Waals surface area (Å²) in [4.78, 5) is 0. The van der Waals surface area contributed by atoms with Gasteiger partial charge in [-0.1, -0.05) is 36.4 Å². The molecular weight excluding hydrogens is 259 g/mol. The van der Waals surface area contributed by atoms with Gasteiger partial charge < -0.3 is 12.4 Å². The smallest absolute Gasteiger partial charge is 0.0991 e. The van der Waals surface area contributed by atoms with Crippen LogP contribution >= 0.6 is 7.26 Å². The fraction of sp³-hybridized carbons (Fsp3) is 0.250. The Balaban J connectivity index is 0.00000120. The molecule has 94 valence electrons. The molecule has 0 saturated carbocycles. The molecule has 2 aromatic rings. The predicted octanol–water partition coefficient (Wildman–Crippen LogP) is 0.453. The zero-order valence-corrected chi connectivity index (χ0v) is 12.1. The van der Waals surface area contributed by atoms with Gasteiger partial charge in [0.05, 0.1) is 30.2 Å². The number of benzene rings is 2. The lowest BCUT2D eigenvalue weighted by Gasteiger charge is -2.22. The quantitative estimate of drug-likeness (QED) is 0.699. The van der Waals surface area contributed by atoms with Crippen LogP contribution in [-0.4, -0.2) is 12.3 Å². The summed E-state index contributed by atoms with van der Waals surface area (Å²) in [6.07, 6.45) is 5.61. The third-order valence-corrected chi connectivity index (χ3v) is 8.56. The largest absolute Gasteiger partial charge is 1.00 e. The summed E-state index contributed by atoms with van der Waals surface area (Å²) in [7, 11) is -1.05. The van der Waals surface area contributed by atoms with Gasteiger partial charge in [-0.05, 0) is 37.1 Å². The van der Waals surface area contributed by atoms with E-state index >= 15 is 0 Å². The van der Waals surface area contributed by atoms with E-state index in [0.29, 0.717) is 0 Å². The van der Waals surface area contributed by atoms with E-state index < -0.39 is 7.26 Å². The highest BCUT2D eigenvalue weighted by Crippen LogP contribution is 2.61. The van der Waals surface area contributed by atoms with Crippen LogP contribution in [0, 0.1) is 0 Å². The van der Waals surface area contributed by atoms with Crippen LogP contribution in [0.2, 0.25) is 0 Å². The second-order valence-corrected chi connectivity index (χ2v) is 8.66. The minimum Gasteiger partial charge on any atom is -1.00 e. The van der Waals surface area contributed by atoms with Crippen molar-refractivity contribution in [2.75, 3.05) is 12.3 Å². The summed E-state index contributed by atoms with van der Waals surface area (Å²) < 4.78 is 0. The maximum absolute atomic E-state index is 2.34. The molecule has 1 heterocycles. The van der Waals surface area contributed by atoms with Gasteiger partial charge in [0.1, 0.15) is 0 Å². The van der Waals surface area contributed by atoms with Crippen molar-refractivity contribution >= 4 is 17.9 Å². The number of rotatable bonds is 2. The van der Waals surface area contributed by atoms with E-state index in [1.165, 1.54) is 25.2 Å². The highest BCUT2D eigenvalue weighted by Gasteiger charge is 2.45. The van der Waals surface area contributed by atoms with E-state index in [-0.39, 0.29) is 12.4 Å². The molecule has 0 amide bonds. The van der Waals surface area contributed by atoms with Gasteiger partial charge in [0.15, 0.2) is 0 Å². The monoisotopic (exact) mass is 276 g/mol. The van der Waals surface area contributed by atoms with Crippen LogP contribution in [0.3, 0.4) is 0 Å². The summed E-state index contributed by atoms with van der Waals surface area (Å²) >= 11 is 0. The van der Waals surface area contributed by atoms with Gasteiger partial charge in [0.2, 0.25) is 0 Å². The van der Waals surface area contributed by atoms with E-state index in [2.05, 4.69) is 60.7 Å². The van der Waals surface area contributed by atoms with Crippen molar-refractivity contribution in [2.45, 2.75) is 12.8 Å². The Morgan fingerprint density at radius 1 is 0.611 bits per heavy atom. The van der Waals surface area contributed by atoms with E-state index in [9.17, 15) is 0 Å². The first-order chi connectivity index (χ1) is 8.42. The van der Waals surface area contributed by atoms with Crippen molar-refractivity contribution in [1.29, 1.82) is 0 Å². The van der Waals surface area contributed by atoms with E-state index in [4.69, 9.17) is 0 Å². The molecular formula is C16H18ClP. The molecule has 2 aromatic carbocycles. The second kappa shape index (κ2) is 5.87. The molecule has 0 aliphatic carbocycles. The van der Waals surface area contributed by atoms with Crippen molar-refractivity contribution < 1.29 is 12.4 Å². The van der Waals surface area contributed by atoms with E-state index in [1.807, 2.05) is 0 Å². The summed E-state index contributed by atoms with van der Waals surface area (Å²) in [6, 6.07) is 22.4. The second-order valence-electron chi connectivity index (χ2n) is 4.79. The van der Waals surface area contributed by atoms with Crippen molar-refractivity contribution in [3.63, 3.8) is 0 Å². The molecule has 0 aromatic heterocycles. The zero-order valence-electron chi connectivity index (χ0n) is 10.4. The van der Waals surface area contributed by atoms with Crippen molar-refractivity contribution in [3.8, 4) is 0 Å². The maximum atomic E-state index is 2.34. The fourth-order valence-corrected chi connectivity index (χ4v) is 7.53. The van der Waals surface area contributed by atoms with Gasteiger partial charge in [0, 0.05) is 0 Å². The number of hydrogen-bond donors (Lipinski definition) is 0. The zero-order chi connectivity index (χ0) is 11.6. The van der Waals surface area contributed by atoms with Crippen LogP contribution < -0.4 is 23.0 Å². The Morgan fingerprint density at radius 2 is 1.00 bits per heavy atom. The van der Waals surface area contributed by atoms with Crippen LogP contribution in [0.25, 0.3) is 0 Å². The first-order valence-electron chi connectivity index (χ1n) is 6.40. The molecule has 0 radical (unpaired) electrons. The molecule has 0 bridgehead atoms. The van der Waals surface area contributed by atoms with E-state index in [0.717, 1.165) is 0 Å². The van der Waals surface area contributed by atoms with Crippen molar-refractivity contribution in [1.82, 2.24) is 0 Å². The number of halogens is 1. The highest BCUT2D eigenvalue weighted by molar-refractivity contribution is 7.89. The number of hydrogen-bond acceptors (Lipinski definition) is 0. The molecule has 0 nitrogen and oxygen atoms in total. The molecule has 2 heteroatoms. The third-order valence-electron chi connectivity index (χ3n) is 3.83. The molecule has 0 unspecified atom stereocenters. The SMILES string of the molecule is [Cl-].c1ccc([P+]2(c3ccccc3)CCCC2)cc1. The molecule has 0 spiro atoms. The summed E-state index contributed by atoms with van der Waals surface area (Å²) in [6.45, 7) is 0. The minimum atomic E-state index is -1.05. The van der Waals surface area contributed by atoms with Crippen molar-refractivity contribution in [2.24, 2.45) is 0 Å². The average molecular weight is 277 g/mol. The third kappa shape index (κ3) is 2.32. The Kier molecular flexibility index (Phi) is 4.43. The topological polar surface area (TPSA) is 0 Å². The highest BCUT2D eigenvalue weighted by atomic mass is 35.5. The standard InChI is InChI=1S/C16H18P.ClH/c1-3-9-15(10-4-1)17(13-7-8-14-17)16-11-5-2-6-12-16;/h1-6,9-12H,7-8,13-14H2;1H/q+1;/p-1. The Morgan fingerprint density at radius 3 is 1.39 bits per heavy atom. The van der Waals surface area contributed by atoms with Gasteiger partial charge in [-0.2, -0.15) is 0 Å². The van der Waals surface area contributed by atoms with Gasteiger partial charge in [-0.15, -0.1) is 0 Å². The summed E-state index contributed by atoms with van der Waals surface area (Å²) in [5.41, 5.74) is 0. The molecule has 3 rings (SSSR count). The van der Waals surface area contributed by atoms with E-state index in [1.54, 1.807) is 10.6 Å². The lowest BCUT2D eigenvalue weighted by Crippen LogP contribution is -3.00. The van der Waals surface area contributed by atoms with Crippen LogP contribution in [0.1, 0.15) is 12.8 Å². The average Bonchev–Trinajstić information content (AvgIpc) is 2.91. The minimum absolute atomic E-state index is 0. The molecule has 1 saturated heterocycles. The first-order valence-corrected chi connectivity index (χ1v) is 8.56. The maximum Gasteiger partial charge on any atom is 0.0991 e. The molecule has 0 atom stereocenters. The van der Waals surface area contributed by atoms with Gasteiger partial charge in [-0.25, -0.2) is 0 Å². The van der Waals surface area contributed by atoms with Crippen LogP contribution in [0.4, 0.5) is 0 Å². The molecule has 1 aliphatic heterocycles. The predicted molar refractivity (Wildman–Crippen MR) is 78.0 cm³/mol. The van der Waals surface area contributed by atoms with Gasteiger partial charge in [0.25, 0.3) is 0 Å². The summed E-state index contributed by atoms with van der Waals surface area (Å²) in [5, 5.41) is 3.20. The lowest BCUT2D eigenvalue weighted by atomic mass is 10.4.